The number of hydrogen-bond acceptors (Lipinski definition) is 5. The molecule has 0 radical (unpaired) electrons. The van der Waals surface area contributed by atoms with Gasteiger partial charge in [0, 0.05) is 31.7 Å². The lowest BCUT2D eigenvalue weighted by molar-refractivity contribution is 0.383. The third-order valence-electron chi connectivity index (χ3n) is 5.81. The van der Waals surface area contributed by atoms with Crippen LogP contribution in [-0.4, -0.2) is 49.1 Å². The van der Waals surface area contributed by atoms with Gasteiger partial charge in [-0.2, -0.15) is 4.31 Å². The molecule has 5 rings (SSSR count). The van der Waals surface area contributed by atoms with Crippen LogP contribution in [0.25, 0.3) is 22.0 Å². The largest absolute Gasteiger partial charge is 0.352 e. The molecule has 0 saturated carbocycles. The number of nitrogens with zero attached hydrogens (tertiary/aromatic N) is 4. The molecule has 0 amide bonds. The molecule has 0 unspecified atom stereocenters. The average Bonchev–Trinajstić information content (AvgIpc) is 2.85. The molecule has 1 saturated heterocycles. The van der Waals surface area contributed by atoms with Gasteiger partial charge in [0.25, 0.3) is 0 Å². The quantitative estimate of drug-likeness (QED) is 0.390. The standard InChI is InChI=1S/C24H20Cl2N4O2S/c25-20-9-4-10-22(24(20)26)33(31,32)30-15-13-29(14-16-30)23-12-11-21(27-28-23)19-8-3-6-17-5-1-2-7-18(17)19/h1-12H,13-16H2. The number of rotatable bonds is 4. The van der Waals surface area contributed by atoms with Crippen LogP contribution in [0.2, 0.25) is 10.0 Å². The number of halogens is 2. The molecule has 9 heteroatoms. The van der Waals surface area contributed by atoms with Crippen LogP contribution in [0.3, 0.4) is 0 Å². The Kier molecular flexibility index (Phi) is 5.97. The molecule has 168 valence electrons. The van der Waals surface area contributed by atoms with Crippen molar-refractivity contribution in [3.63, 3.8) is 0 Å². The number of aromatic nitrogens is 2. The summed E-state index contributed by atoms with van der Waals surface area (Å²) in [6.45, 7) is 1.63. The van der Waals surface area contributed by atoms with E-state index in [1.165, 1.54) is 10.4 Å². The van der Waals surface area contributed by atoms with Crippen molar-refractivity contribution in [1.29, 1.82) is 0 Å². The van der Waals surface area contributed by atoms with Gasteiger partial charge in [0.15, 0.2) is 5.82 Å². The Bertz CT molecular complexity index is 1420. The Balaban J connectivity index is 1.32. The minimum absolute atomic E-state index is 0.0318. The predicted octanol–water partition coefficient (Wildman–Crippen LogP) is 5.11. The Labute approximate surface area is 202 Å². The topological polar surface area (TPSA) is 66.4 Å². The van der Waals surface area contributed by atoms with Gasteiger partial charge in [-0.1, -0.05) is 71.7 Å². The van der Waals surface area contributed by atoms with E-state index in [1.54, 1.807) is 12.1 Å². The van der Waals surface area contributed by atoms with Gasteiger partial charge in [-0.3, -0.25) is 0 Å². The Morgan fingerprint density at radius 3 is 2.24 bits per heavy atom. The molecule has 6 nitrogen and oxygen atoms in total. The normalized spacial score (nSPS) is 15.2. The second-order valence-electron chi connectivity index (χ2n) is 7.75. The van der Waals surface area contributed by atoms with Crippen LogP contribution in [0.5, 0.6) is 0 Å². The van der Waals surface area contributed by atoms with Crippen molar-refractivity contribution in [2.45, 2.75) is 4.90 Å². The van der Waals surface area contributed by atoms with Crippen molar-refractivity contribution in [2.24, 2.45) is 0 Å². The van der Waals surface area contributed by atoms with Gasteiger partial charge in [0.05, 0.1) is 15.7 Å². The van der Waals surface area contributed by atoms with Crippen molar-refractivity contribution in [3.8, 4) is 11.3 Å². The minimum atomic E-state index is -3.73. The lowest BCUT2D eigenvalue weighted by Gasteiger charge is -2.34. The summed E-state index contributed by atoms with van der Waals surface area (Å²) in [5, 5.41) is 11.4. The summed E-state index contributed by atoms with van der Waals surface area (Å²) < 4.78 is 27.5. The molecule has 0 bridgehead atoms. The number of piperazine rings is 1. The molecule has 0 atom stereocenters. The summed E-state index contributed by atoms with van der Waals surface area (Å²) in [6, 6.07) is 22.8. The van der Waals surface area contributed by atoms with Gasteiger partial charge in [0.2, 0.25) is 10.0 Å². The molecule has 1 aromatic heterocycles. The molecule has 4 aromatic rings. The fourth-order valence-electron chi connectivity index (χ4n) is 4.07. The second-order valence-corrected chi connectivity index (χ2v) is 10.4. The zero-order chi connectivity index (χ0) is 23.0. The Morgan fingerprint density at radius 1 is 0.758 bits per heavy atom. The Hall–Kier alpha value is -2.71. The smallest absolute Gasteiger partial charge is 0.244 e. The average molecular weight is 499 g/mol. The lowest BCUT2D eigenvalue weighted by Crippen LogP contribution is -2.49. The predicted molar refractivity (Wildman–Crippen MR) is 132 cm³/mol. The van der Waals surface area contributed by atoms with Crippen LogP contribution in [0.1, 0.15) is 0 Å². The highest BCUT2D eigenvalue weighted by Crippen LogP contribution is 2.32. The van der Waals surface area contributed by atoms with Gasteiger partial charge in [-0.15, -0.1) is 10.2 Å². The summed E-state index contributed by atoms with van der Waals surface area (Å²) in [6.07, 6.45) is 0. The molecule has 33 heavy (non-hydrogen) atoms. The highest BCUT2D eigenvalue weighted by atomic mass is 35.5. The van der Waals surface area contributed by atoms with E-state index in [4.69, 9.17) is 23.2 Å². The van der Waals surface area contributed by atoms with Crippen molar-refractivity contribution in [3.05, 3.63) is 82.8 Å². The maximum Gasteiger partial charge on any atom is 0.244 e. The summed E-state index contributed by atoms with van der Waals surface area (Å²) >= 11 is 12.2. The van der Waals surface area contributed by atoms with Crippen molar-refractivity contribution in [1.82, 2.24) is 14.5 Å². The van der Waals surface area contributed by atoms with Crippen LogP contribution >= 0.6 is 23.2 Å². The zero-order valence-electron chi connectivity index (χ0n) is 17.5. The number of fused-ring (bicyclic) bond motifs is 1. The van der Waals surface area contributed by atoms with Crippen molar-refractivity contribution < 1.29 is 8.42 Å². The van der Waals surface area contributed by atoms with E-state index >= 15 is 0 Å². The molecule has 1 aliphatic heterocycles. The number of hydrogen-bond donors (Lipinski definition) is 0. The molecule has 1 aliphatic rings. The monoisotopic (exact) mass is 498 g/mol. The Morgan fingerprint density at radius 2 is 1.48 bits per heavy atom. The minimum Gasteiger partial charge on any atom is -0.352 e. The highest BCUT2D eigenvalue weighted by Gasteiger charge is 2.31. The molecule has 0 spiro atoms. The highest BCUT2D eigenvalue weighted by molar-refractivity contribution is 7.89. The third kappa shape index (κ3) is 4.17. The fraction of sp³-hybridized carbons (Fsp3) is 0.167. The fourth-order valence-corrected chi connectivity index (χ4v) is 6.22. The molecule has 3 aromatic carbocycles. The maximum absolute atomic E-state index is 13.0. The molecular formula is C24H20Cl2N4O2S. The van der Waals surface area contributed by atoms with Gasteiger partial charge in [0.1, 0.15) is 4.90 Å². The molecule has 2 heterocycles. The maximum atomic E-state index is 13.0. The van der Waals surface area contributed by atoms with E-state index in [9.17, 15) is 8.42 Å². The van der Waals surface area contributed by atoms with Crippen LogP contribution in [-0.2, 0) is 10.0 Å². The van der Waals surface area contributed by atoms with E-state index < -0.39 is 10.0 Å². The summed E-state index contributed by atoms with van der Waals surface area (Å²) in [4.78, 5) is 2.07. The van der Waals surface area contributed by atoms with Crippen LogP contribution in [0.4, 0.5) is 5.82 Å². The SMILES string of the molecule is O=S(=O)(c1cccc(Cl)c1Cl)N1CCN(c2ccc(-c3cccc4ccccc34)nn2)CC1. The van der Waals surface area contributed by atoms with Crippen LogP contribution in [0, 0.1) is 0 Å². The number of sulfonamides is 1. The third-order valence-corrected chi connectivity index (χ3v) is 8.68. The first kappa shape index (κ1) is 22.1. The van der Waals surface area contributed by atoms with E-state index in [2.05, 4.69) is 28.4 Å². The van der Waals surface area contributed by atoms with Gasteiger partial charge in [-0.05, 0) is 35.0 Å². The summed E-state index contributed by atoms with van der Waals surface area (Å²) in [7, 11) is -3.73. The second kappa shape index (κ2) is 8.91. The van der Waals surface area contributed by atoms with Crippen molar-refractivity contribution in [2.75, 3.05) is 31.1 Å². The van der Waals surface area contributed by atoms with Gasteiger partial charge in [-0.25, -0.2) is 8.42 Å². The van der Waals surface area contributed by atoms with Gasteiger partial charge < -0.3 is 4.90 Å². The molecular weight excluding hydrogens is 479 g/mol. The molecule has 0 N–H and O–H groups in total. The number of benzene rings is 3. The van der Waals surface area contributed by atoms with E-state index in [0.29, 0.717) is 26.2 Å². The van der Waals surface area contributed by atoms with Gasteiger partial charge >= 0.3 is 0 Å². The summed E-state index contributed by atoms with van der Waals surface area (Å²) in [5.41, 5.74) is 1.83. The van der Waals surface area contributed by atoms with Crippen LogP contribution < -0.4 is 4.90 Å². The van der Waals surface area contributed by atoms with E-state index in [1.807, 2.05) is 41.3 Å². The number of anilines is 1. The van der Waals surface area contributed by atoms with Crippen molar-refractivity contribution >= 4 is 49.8 Å². The summed E-state index contributed by atoms with van der Waals surface area (Å²) in [5.74, 6) is 0.719. The van der Waals surface area contributed by atoms with Crippen LogP contribution in [0.15, 0.2) is 77.7 Å². The van der Waals surface area contributed by atoms with E-state index in [-0.39, 0.29) is 14.9 Å². The first-order valence-electron chi connectivity index (χ1n) is 10.5. The molecule has 1 fully saturated rings. The molecule has 0 aliphatic carbocycles. The zero-order valence-corrected chi connectivity index (χ0v) is 19.9. The lowest BCUT2D eigenvalue weighted by atomic mass is 10.0. The van der Waals surface area contributed by atoms with E-state index in [0.717, 1.165) is 27.8 Å². The first-order chi connectivity index (χ1) is 15.9. The first-order valence-corrected chi connectivity index (χ1v) is 12.7.